The van der Waals surface area contributed by atoms with Gasteiger partial charge in [-0.3, -0.25) is 0 Å². The molecule has 0 amide bonds. The highest BCUT2D eigenvalue weighted by molar-refractivity contribution is 5.92. The van der Waals surface area contributed by atoms with Gasteiger partial charge in [0, 0.05) is 33.9 Å². The van der Waals surface area contributed by atoms with E-state index in [1.54, 1.807) is 12.1 Å². The summed E-state index contributed by atoms with van der Waals surface area (Å²) in [5.74, 6) is -3.69. The van der Waals surface area contributed by atoms with Gasteiger partial charge in [0.15, 0.2) is 11.5 Å². The van der Waals surface area contributed by atoms with E-state index in [9.17, 15) is 19.2 Å². The zero-order chi connectivity index (χ0) is 32.0. The summed E-state index contributed by atoms with van der Waals surface area (Å²) in [6.45, 7) is 20.0. The van der Waals surface area contributed by atoms with Crippen LogP contribution in [0.25, 0.3) is 22.3 Å². The first-order chi connectivity index (χ1) is 20.2. The first kappa shape index (κ1) is 32.0. The van der Waals surface area contributed by atoms with Crippen LogP contribution in [-0.2, 0) is 19.2 Å². The van der Waals surface area contributed by atoms with Crippen LogP contribution < -0.4 is 18.9 Å². The smallest absolute Gasteiger partial charge is 0.338 e. The maximum absolute atomic E-state index is 15.6. The molecule has 8 nitrogen and oxygen atoms in total. The number of hydrogen-bond acceptors (Lipinski definition) is 8. The Morgan fingerprint density at radius 3 is 1.40 bits per heavy atom. The third-order valence-corrected chi connectivity index (χ3v) is 5.66. The summed E-state index contributed by atoms with van der Waals surface area (Å²) in [7, 11) is 0. The van der Waals surface area contributed by atoms with E-state index in [4.69, 9.17) is 18.9 Å². The van der Waals surface area contributed by atoms with E-state index in [-0.39, 0.29) is 56.4 Å². The summed E-state index contributed by atoms with van der Waals surface area (Å²) in [6, 6.07) is 12.8. The van der Waals surface area contributed by atoms with E-state index in [0.29, 0.717) is 11.1 Å². The van der Waals surface area contributed by atoms with Crippen LogP contribution in [-0.4, -0.2) is 23.9 Å². The van der Waals surface area contributed by atoms with Crippen LogP contribution in [0.1, 0.15) is 27.7 Å². The predicted octanol–water partition coefficient (Wildman–Crippen LogP) is 7.09. The van der Waals surface area contributed by atoms with Gasteiger partial charge in [-0.2, -0.15) is 0 Å². The van der Waals surface area contributed by atoms with Gasteiger partial charge in [-0.1, -0.05) is 44.5 Å². The highest BCUT2D eigenvalue weighted by atomic mass is 19.1. The van der Waals surface area contributed by atoms with Gasteiger partial charge in [-0.05, 0) is 74.7 Å². The van der Waals surface area contributed by atoms with Gasteiger partial charge >= 0.3 is 23.9 Å². The van der Waals surface area contributed by atoms with E-state index in [1.807, 2.05) is 0 Å². The van der Waals surface area contributed by atoms with Crippen LogP contribution in [0.4, 0.5) is 4.39 Å². The summed E-state index contributed by atoms with van der Waals surface area (Å²) in [4.78, 5) is 48.6. The van der Waals surface area contributed by atoms with E-state index in [2.05, 4.69) is 26.3 Å². The van der Waals surface area contributed by atoms with Crippen molar-refractivity contribution < 1.29 is 42.5 Å². The van der Waals surface area contributed by atoms with Crippen molar-refractivity contribution >= 4 is 23.9 Å². The van der Waals surface area contributed by atoms with Gasteiger partial charge in [0.05, 0.1) is 0 Å². The molecule has 0 N–H and O–H groups in total. The number of carbonyl (C=O) groups is 4. The van der Waals surface area contributed by atoms with Crippen molar-refractivity contribution in [2.45, 2.75) is 27.7 Å². The van der Waals surface area contributed by atoms with Crippen molar-refractivity contribution in [1.82, 2.24) is 0 Å². The lowest BCUT2D eigenvalue weighted by Crippen LogP contribution is -2.12. The Kier molecular flexibility index (Phi) is 9.95. The molecule has 0 aromatic heterocycles. The molecule has 0 heterocycles. The molecule has 0 atom stereocenters. The topological polar surface area (TPSA) is 105 Å². The highest BCUT2D eigenvalue weighted by Crippen LogP contribution is 2.37. The van der Waals surface area contributed by atoms with Crippen molar-refractivity contribution in [3.8, 4) is 45.3 Å². The summed E-state index contributed by atoms with van der Waals surface area (Å²) in [5, 5.41) is 0. The molecule has 0 aliphatic rings. The fourth-order valence-electron chi connectivity index (χ4n) is 3.39. The minimum Gasteiger partial charge on any atom is -0.423 e. The van der Waals surface area contributed by atoms with Gasteiger partial charge in [-0.25, -0.2) is 23.6 Å². The average molecular weight is 585 g/mol. The van der Waals surface area contributed by atoms with Crippen molar-refractivity contribution in [2.75, 3.05) is 0 Å². The van der Waals surface area contributed by atoms with E-state index in [0.717, 1.165) is 0 Å². The molecular formula is C34H29FO8. The number of ether oxygens (including phenoxy) is 4. The Balaban J connectivity index is 2.06. The van der Waals surface area contributed by atoms with Gasteiger partial charge in [-0.15, -0.1) is 0 Å². The first-order valence-electron chi connectivity index (χ1n) is 12.8. The molecule has 0 aliphatic carbocycles. The third kappa shape index (κ3) is 8.23. The van der Waals surface area contributed by atoms with Crippen LogP contribution in [0.15, 0.2) is 103 Å². The van der Waals surface area contributed by atoms with Gasteiger partial charge in [0.25, 0.3) is 0 Å². The van der Waals surface area contributed by atoms with E-state index >= 15 is 4.39 Å². The van der Waals surface area contributed by atoms with Crippen molar-refractivity contribution in [3.05, 3.63) is 109 Å². The normalized spacial score (nSPS) is 10.3. The standard InChI is InChI=1S/C34H29FO8/c1-18(2)31(36)40-25-13-24(14-26(17-25)41-32(37)19(3)4)27-11-9-22(15-28(27)35)23-10-12-29(42-33(38)20(5)6)30(16-23)43-34(39)21(7)8/h9-17H,1,3,5,7H2,2,4,6,8H3. The molecule has 0 saturated heterocycles. The van der Waals surface area contributed by atoms with Crippen LogP contribution >= 0.6 is 0 Å². The Hall–Kier alpha value is -5.57. The van der Waals surface area contributed by atoms with Crippen LogP contribution in [0.2, 0.25) is 0 Å². The summed E-state index contributed by atoms with van der Waals surface area (Å²) in [6.07, 6.45) is 0. The number of halogens is 1. The van der Waals surface area contributed by atoms with Gasteiger partial charge < -0.3 is 18.9 Å². The molecule has 0 saturated carbocycles. The quantitative estimate of drug-likeness (QED) is 0.141. The largest absolute Gasteiger partial charge is 0.423 e. The van der Waals surface area contributed by atoms with Crippen molar-refractivity contribution in [3.63, 3.8) is 0 Å². The summed E-state index contributed by atoms with van der Waals surface area (Å²) < 4.78 is 36.9. The monoisotopic (exact) mass is 584 g/mol. The second-order valence-electron chi connectivity index (χ2n) is 9.73. The maximum atomic E-state index is 15.6. The zero-order valence-corrected chi connectivity index (χ0v) is 24.2. The SMILES string of the molecule is C=C(C)C(=O)Oc1cc(OC(=O)C(=C)C)cc(-c2ccc(-c3ccc(OC(=O)C(=C)C)c(OC(=O)C(=C)C)c3)cc2F)c1. The summed E-state index contributed by atoms with van der Waals surface area (Å²) in [5.41, 5.74) is 1.70. The van der Waals surface area contributed by atoms with Gasteiger partial charge in [0.2, 0.25) is 0 Å². The number of carbonyl (C=O) groups excluding carboxylic acids is 4. The molecule has 0 radical (unpaired) electrons. The molecule has 0 spiro atoms. The third-order valence-electron chi connectivity index (χ3n) is 5.66. The maximum Gasteiger partial charge on any atom is 0.338 e. The van der Waals surface area contributed by atoms with E-state index in [1.165, 1.54) is 70.2 Å². The Labute approximate surface area is 248 Å². The second-order valence-corrected chi connectivity index (χ2v) is 9.73. The molecule has 43 heavy (non-hydrogen) atoms. The first-order valence-corrected chi connectivity index (χ1v) is 12.8. The lowest BCUT2D eigenvalue weighted by Gasteiger charge is -2.14. The average Bonchev–Trinajstić information content (AvgIpc) is 2.93. The minimum absolute atomic E-state index is 0.00218. The van der Waals surface area contributed by atoms with Crippen molar-refractivity contribution in [1.29, 1.82) is 0 Å². The minimum atomic E-state index is -0.748. The molecule has 3 aromatic carbocycles. The fourth-order valence-corrected chi connectivity index (χ4v) is 3.39. The van der Waals surface area contributed by atoms with Crippen molar-refractivity contribution in [2.24, 2.45) is 0 Å². The van der Waals surface area contributed by atoms with Crippen LogP contribution in [0, 0.1) is 5.82 Å². The lowest BCUT2D eigenvalue weighted by atomic mass is 9.99. The molecule has 0 fully saturated rings. The number of hydrogen-bond donors (Lipinski definition) is 0. The van der Waals surface area contributed by atoms with E-state index < -0.39 is 29.7 Å². The molecule has 0 aliphatic heterocycles. The van der Waals surface area contributed by atoms with Gasteiger partial charge in [0.1, 0.15) is 17.3 Å². The Morgan fingerprint density at radius 2 is 0.930 bits per heavy atom. The molecular weight excluding hydrogens is 555 g/mol. The van der Waals surface area contributed by atoms with Crippen LogP contribution in [0.3, 0.4) is 0 Å². The second kappa shape index (κ2) is 13.4. The highest BCUT2D eigenvalue weighted by Gasteiger charge is 2.18. The summed E-state index contributed by atoms with van der Waals surface area (Å²) >= 11 is 0. The fraction of sp³-hybridized carbons (Fsp3) is 0.118. The predicted molar refractivity (Wildman–Crippen MR) is 159 cm³/mol. The Bertz CT molecular complexity index is 1670. The Morgan fingerprint density at radius 1 is 0.512 bits per heavy atom. The number of rotatable bonds is 10. The zero-order valence-electron chi connectivity index (χ0n) is 24.2. The number of esters is 4. The molecule has 220 valence electrons. The molecule has 3 rings (SSSR count). The number of benzene rings is 3. The van der Waals surface area contributed by atoms with Crippen LogP contribution in [0.5, 0.6) is 23.0 Å². The molecule has 9 heteroatoms. The molecule has 0 unspecified atom stereocenters. The molecule has 3 aromatic rings. The molecule has 0 bridgehead atoms. The lowest BCUT2D eigenvalue weighted by molar-refractivity contribution is -0.132.